The van der Waals surface area contributed by atoms with Crippen LogP contribution in [-0.4, -0.2) is 36.9 Å². The fourth-order valence-corrected chi connectivity index (χ4v) is 2.65. The molecule has 0 aliphatic carbocycles. The zero-order chi connectivity index (χ0) is 18.5. The Morgan fingerprint density at radius 2 is 1.96 bits per heavy atom. The Morgan fingerprint density at radius 1 is 1.33 bits per heavy atom. The van der Waals surface area contributed by atoms with Gasteiger partial charge in [-0.25, -0.2) is 4.79 Å². The molecule has 6 heteroatoms. The highest BCUT2D eigenvalue weighted by Crippen LogP contribution is 2.35. The predicted molar refractivity (Wildman–Crippen MR) is 101 cm³/mol. The standard InChI is InChI=1S/C18H24Cl2N2O2/c1-7-10-18(12-21-5,13-8-9-14(19)15(20)11-13)22(6)16(23)24-17(2,3)4/h7-9,11-12H,1,10H2,2-6H3. The summed E-state index contributed by atoms with van der Waals surface area (Å²) < 4.78 is 5.51. The fourth-order valence-electron chi connectivity index (χ4n) is 2.35. The number of benzene rings is 1. The second-order valence-electron chi connectivity index (χ2n) is 6.47. The second kappa shape index (κ2) is 8.04. The van der Waals surface area contributed by atoms with Gasteiger partial charge in [0.1, 0.15) is 11.1 Å². The zero-order valence-corrected chi connectivity index (χ0v) is 16.3. The van der Waals surface area contributed by atoms with Crippen LogP contribution < -0.4 is 0 Å². The highest BCUT2D eigenvalue weighted by Gasteiger charge is 2.39. The highest BCUT2D eigenvalue weighted by molar-refractivity contribution is 6.42. The summed E-state index contributed by atoms with van der Waals surface area (Å²) in [5, 5.41) is 0.853. The molecule has 0 N–H and O–H groups in total. The Kier molecular flexibility index (Phi) is 6.87. The first-order valence-corrected chi connectivity index (χ1v) is 8.29. The Bertz CT molecular complexity index is 638. The van der Waals surface area contributed by atoms with Crippen molar-refractivity contribution in [3.63, 3.8) is 0 Å². The Morgan fingerprint density at radius 3 is 2.42 bits per heavy atom. The first-order chi connectivity index (χ1) is 11.1. The third kappa shape index (κ3) is 4.74. The van der Waals surface area contributed by atoms with E-state index in [2.05, 4.69) is 11.6 Å². The van der Waals surface area contributed by atoms with Crippen LogP contribution in [0, 0.1) is 0 Å². The van der Waals surface area contributed by atoms with Crippen LogP contribution in [-0.2, 0) is 10.3 Å². The van der Waals surface area contributed by atoms with Crippen LogP contribution in [0.3, 0.4) is 0 Å². The first-order valence-electron chi connectivity index (χ1n) is 7.54. The average molecular weight is 371 g/mol. The molecule has 0 spiro atoms. The van der Waals surface area contributed by atoms with E-state index in [0.29, 0.717) is 16.5 Å². The normalized spacial score (nSPS) is 14.3. The van der Waals surface area contributed by atoms with Crippen LogP contribution in [0.5, 0.6) is 0 Å². The maximum Gasteiger partial charge on any atom is 0.411 e. The van der Waals surface area contributed by atoms with E-state index in [1.165, 1.54) is 4.90 Å². The summed E-state index contributed by atoms with van der Waals surface area (Å²) in [6.45, 7) is 9.27. The number of carbonyl (C=O) groups is 1. The number of hydrogen-bond acceptors (Lipinski definition) is 3. The number of rotatable bonds is 5. The topological polar surface area (TPSA) is 41.9 Å². The van der Waals surface area contributed by atoms with Gasteiger partial charge in [-0.05, 0) is 44.9 Å². The van der Waals surface area contributed by atoms with Crippen LogP contribution in [0.1, 0.15) is 32.8 Å². The van der Waals surface area contributed by atoms with Crippen LogP contribution in [0.2, 0.25) is 10.0 Å². The van der Waals surface area contributed by atoms with Gasteiger partial charge in [0.15, 0.2) is 0 Å². The molecular formula is C18H24Cl2N2O2. The van der Waals surface area contributed by atoms with E-state index >= 15 is 0 Å². The molecule has 0 saturated carbocycles. The summed E-state index contributed by atoms with van der Waals surface area (Å²) in [6, 6.07) is 5.25. The highest BCUT2D eigenvalue weighted by atomic mass is 35.5. The molecule has 4 nitrogen and oxygen atoms in total. The van der Waals surface area contributed by atoms with Gasteiger partial charge >= 0.3 is 6.09 Å². The molecule has 1 unspecified atom stereocenters. The maximum atomic E-state index is 12.6. The summed E-state index contributed by atoms with van der Waals surface area (Å²) in [7, 11) is 3.32. The molecule has 0 aliphatic rings. The number of nitrogens with zero attached hydrogens (tertiary/aromatic N) is 2. The van der Waals surface area contributed by atoms with Crippen molar-refractivity contribution in [3.05, 3.63) is 46.5 Å². The average Bonchev–Trinajstić information content (AvgIpc) is 2.47. The monoisotopic (exact) mass is 370 g/mol. The van der Waals surface area contributed by atoms with Gasteiger partial charge in [-0.2, -0.15) is 0 Å². The SMILES string of the molecule is C=CCC(C=NC)(c1ccc(Cl)c(Cl)c1)N(C)C(=O)OC(C)(C)C. The molecule has 132 valence electrons. The third-order valence-corrected chi connectivity index (χ3v) is 4.22. The van der Waals surface area contributed by atoms with Crippen LogP contribution >= 0.6 is 23.2 Å². The van der Waals surface area contributed by atoms with Crippen molar-refractivity contribution in [2.45, 2.75) is 38.3 Å². The molecule has 0 aliphatic heterocycles. The molecule has 0 fully saturated rings. The molecule has 0 radical (unpaired) electrons. The zero-order valence-electron chi connectivity index (χ0n) is 14.8. The number of halogens is 2. The van der Waals surface area contributed by atoms with Crippen molar-refractivity contribution in [3.8, 4) is 0 Å². The van der Waals surface area contributed by atoms with E-state index in [1.807, 2.05) is 26.8 Å². The molecule has 0 aromatic heterocycles. The fraction of sp³-hybridized carbons (Fsp3) is 0.444. The Hall–Kier alpha value is -1.52. The minimum Gasteiger partial charge on any atom is -0.444 e. The van der Waals surface area contributed by atoms with Gasteiger partial charge in [-0.3, -0.25) is 9.89 Å². The lowest BCUT2D eigenvalue weighted by molar-refractivity contribution is 0.0159. The van der Waals surface area contributed by atoms with E-state index in [4.69, 9.17) is 27.9 Å². The molecule has 24 heavy (non-hydrogen) atoms. The first kappa shape index (κ1) is 20.5. The Balaban J connectivity index is 3.44. The molecule has 1 amide bonds. The third-order valence-electron chi connectivity index (χ3n) is 3.48. The number of aliphatic imine (C=N–C) groups is 1. The number of hydrogen-bond donors (Lipinski definition) is 0. The molecule has 0 heterocycles. The minimum absolute atomic E-state index is 0.407. The van der Waals surface area contributed by atoms with Crippen LogP contribution in [0.4, 0.5) is 4.79 Å². The van der Waals surface area contributed by atoms with Crippen LogP contribution in [0.15, 0.2) is 35.8 Å². The Labute approximate surface area is 154 Å². The van der Waals surface area contributed by atoms with Crippen molar-refractivity contribution < 1.29 is 9.53 Å². The maximum absolute atomic E-state index is 12.6. The molecule has 0 saturated heterocycles. The predicted octanol–water partition coefficient (Wildman–Crippen LogP) is 5.33. The van der Waals surface area contributed by atoms with Gasteiger partial charge in [-0.15, -0.1) is 6.58 Å². The van der Waals surface area contributed by atoms with E-state index in [0.717, 1.165) is 5.56 Å². The summed E-state index contributed by atoms with van der Waals surface area (Å²) in [4.78, 5) is 18.3. The molecular weight excluding hydrogens is 347 g/mol. The quantitative estimate of drug-likeness (QED) is 0.518. The lowest BCUT2D eigenvalue weighted by Gasteiger charge is -2.39. The number of ether oxygens (including phenoxy) is 1. The van der Waals surface area contributed by atoms with Crippen molar-refractivity contribution in [2.24, 2.45) is 4.99 Å². The number of amides is 1. The van der Waals surface area contributed by atoms with Crippen molar-refractivity contribution in [1.82, 2.24) is 4.90 Å². The summed E-state index contributed by atoms with van der Waals surface area (Å²) >= 11 is 12.2. The molecule has 1 aromatic carbocycles. The van der Waals surface area contributed by atoms with Gasteiger partial charge in [-0.1, -0.05) is 35.3 Å². The van der Waals surface area contributed by atoms with Crippen molar-refractivity contribution in [2.75, 3.05) is 14.1 Å². The van der Waals surface area contributed by atoms with E-state index in [1.54, 1.807) is 38.5 Å². The van der Waals surface area contributed by atoms with Gasteiger partial charge in [0.25, 0.3) is 0 Å². The van der Waals surface area contributed by atoms with Crippen LogP contribution in [0.25, 0.3) is 0 Å². The minimum atomic E-state index is -0.868. The number of carbonyl (C=O) groups excluding carboxylic acids is 1. The van der Waals surface area contributed by atoms with Gasteiger partial charge < -0.3 is 4.74 Å². The van der Waals surface area contributed by atoms with Crippen molar-refractivity contribution in [1.29, 1.82) is 0 Å². The van der Waals surface area contributed by atoms with Gasteiger partial charge in [0.05, 0.1) is 10.0 Å². The van der Waals surface area contributed by atoms with Gasteiger partial charge in [0, 0.05) is 20.3 Å². The second-order valence-corrected chi connectivity index (χ2v) is 7.29. The largest absolute Gasteiger partial charge is 0.444 e. The van der Waals surface area contributed by atoms with Crippen molar-refractivity contribution >= 4 is 35.5 Å². The molecule has 0 bridgehead atoms. The lowest BCUT2D eigenvalue weighted by Crippen LogP contribution is -2.50. The van der Waals surface area contributed by atoms with E-state index < -0.39 is 17.2 Å². The van der Waals surface area contributed by atoms with E-state index in [-0.39, 0.29) is 0 Å². The summed E-state index contributed by atoms with van der Waals surface area (Å²) in [6.07, 6.45) is 3.40. The molecule has 1 rings (SSSR count). The smallest absolute Gasteiger partial charge is 0.411 e. The molecule has 1 aromatic rings. The van der Waals surface area contributed by atoms with Gasteiger partial charge in [0.2, 0.25) is 0 Å². The van der Waals surface area contributed by atoms with E-state index in [9.17, 15) is 4.79 Å². The summed E-state index contributed by atoms with van der Waals surface area (Å²) in [5.41, 5.74) is -0.699. The summed E-state index contributed by atoms with van der Waals surface area (Å²) in [5.74, 6) is 0. The molecule has 1 atom stereocenters. The lowest BCUT2D eigenvalue weighted by atomic mass is 9.86.